The van der Waals surface area contributed by atoms with E-state index in [0.717, 1.165) is 0 Å². The molecule has 8 heteroatoms. The maximum Gasteiger partial charge on any atom is 0.182 e. The van der Waals surface area contributed by atoms with Crippen LogP contribution in [0.4, 0.5) is 0 Å². The highest BCUT2D eigenvalue weighted by Gasteiger charge is 2.37. The van der Waals surface area contributed by atoms with Crippen molar-refractivity contribution < 1.29 is 23.3 Å². The zero-order valence-corrected chi connectivity index (χ0v) is 16.3. The second kappa shape index (κ2) is 7.81. The predicted octanol–water partition coefficient (Wildman–Crippen LogP) is 3.05. The van der Waals surface area contributed by atoms with E-state index in [2.05, 4.69) is 31.9 Å². The molecule has 1 aromatic carbocycles. The van der Waals surface area contributed by atoms with Gasteiger partial charge in [-0.15, -0.1) is 0 Å². The van der Waals surface area contributed by atoms with Crippen molar-refractivity contribution in [2.24, 2.45) is 5.92 Å². The van der Waals surface area contributed by atoms with E-state index < -0.39 is 22.5 Å². The molecular weight excluding hydrogens is 452 g/mol. The fourth-order valence-corrected chi connectivity index (χ4v) is 4.00. The topological polar surface area (TPSA) is 77.5 Å². The van der Waals surface area contributed by atoms with E-state index in [1.54, 1.807) is 6.07 Å². The van der Waals surface area contributed by atoms with Gasteiger partial charge in [0.1, 0.15) is 11.7 Å². The monoisotopic (exact) mass is 464 g/mol. The first-order chi connectivity index (χ1) is 10.8. The van der Waals surface area contributed by atoms with Gasteiger partial charge >= 0.3 is 0 Å². The zero-order valence-electron chi connectivity index (χ0n) is 12.3. The lowest BCUT2D eigenvalue weighted by Crippen LogP contribution is -2.35. The largest absolute Gasteiger partial charge is 0.478 e. The number of hydrogen-bond donors (Lipinski definition) is 0. The van der Waals surface area contributed by atoms with Crippen molar-refractivity contribution in [2.45, 2.75) is 19.3 Å². The van der Waals surface area contributed by atoms with Crippen LogP contribution in [0.3, 0.4) is 0 Å². The lowest BCUT2D eigenvalue weighted by atomic mass is 9.81. The number of rotatable bonds is 5. The average Bonchev–Trinajstić information content (AvgIpc) is 2.46. The smallest absolute Gasteiger partial charge is 0.182 e. The van der Waals surface area contributed by atoms with Gasteiger partial charge in [0.25, 0.3) is 0 Å². The summed E-state index contributed by atoms with van der Waals surface area (Å²) in [5.74, 6) is -2.13. The Balaban J connectivity index is 2.37. The van der Waals surface area contributed by atoms with Crippen LogP contribution in [-0.2, 0) is 20.4 Å². The summed E-state index contributed by atoms with van der Waals surface area (Å²) in [5, 5.41) is 0. The average molecular weight is 466 g/mol. The molecule has 2 rings (SSSR count). The molecule has 0 spiro atoms. The summed E-state index contributed by atoms with van der Waals surface area (Å²) in [6.45, 7) is 0. The fourth-order valence-electron chi connectivity index (χ4n) is 2.35. The van der Waals surface area contributed by atoms with Crippen LogP contribution in [0.5, 0.6) is 5.75 Å². The molecule has 1 atom stereocenters. The molecule has 0 aromatic heterocycles. The third-order valence-electron chi connectivity index (χ3n) is 3.44. The molecule has 1 aliphatic rings. The first-order valence-corrected chi connectivity index (χ1v) is 10.1. The molecule has 0 heterocycles. The van der Waals surface area contributed by atoms with Gasteiger partial charge < -0.3 is 4.74 Å². The summed E-state index contributed by atoms with van der Waals surface area (Å²) in [5.41, 5.74) is 0.207. The van der Waals surface area contributed by atoms with Gasteiger partial charge in [-0.1, -0.05) is 0 Å². The van der Waals surface area contributed by atoms with Crippen molar-refractivity contribution in [2.75, 3.05) is 12.2 Å². The molecule has 0 amide bonds. The molecule has 23 heavy (non-hydrogen) atoms. The Morgan fingerprint density at radius 1 is 1.26 bits per heavy atom. The quantitative estimate of drug-likeness (QED) is 0.493. The number of hydrogen-bond acceptors (Lipinski definition) is 5. The SMILES string of the molecule is CS(=O)COc1c(Br)ccc(C(=O)C2C(=O)CCCC2=O)c1Br. The Morgan fingerprint density at radius 3 is 2.43 bits per heavy atom. The highest BCUT2D eigenvalue weighted by atomic mass is 79.9. The number of ketones is 3. The summed E-state index contributed by atoms with van der Waals surface area (Å²) in [6, 6.07) is 3.13. The third kappa shape index (κ3) is 4.16. The van der Waals surface area contributed by atoms with Gasteiger partial charge in [-0.25, -0.2) is 0 Å². The number of ether oxygens (including phenoxy) is 1. The summed E-state index contributed by atoms with van der Waals surface area (Å²) in [6.07, 6.45) is 2.48. The van der Waals surface area contributed by atoms with E-state index in [0.29, 0.717) is 21.1 Å². The van der Waals surface area contributed by atoms with Crippen LogP contribution in [0.2, 0.25) is 0 Å². The molecule has 0 saturated heterocycles. The normalized spacial score (nSPS) is 17.2. The van der Waals surface area contributed by atoms with Gasteiger partial charge in [0.15, 0.2) is 23.3 Å². The van der Waals surface area contributed by atoms with Crippen molar-refractivity contribution in [1.82, 2.24) is 0 Å². The van der Waals surface area contributed by atoms with Crippen LogP contribution < -0.4 is 4.74 Å². The second-order valence-electron chi connectivity index (χ2n) is 5.16. The molecule has 1 fully saturated rings. The molecule has 1 saturated carbocycles. The van der Waals surface area contributed by atoms with Crippen LogP contribution in [0.1, 0.15) is 29.6 Å². The van der Waals surface area contributed by atoms with Crippen LogP contribution >= 0.6 is 31.9 Å². The lowest BCUT2D eigenvalue weighted by Gasteiger charge is -2.19. The molecule has 1 aliphatic carbocycles. The Labute approximate surface area is 152 Å². The van der Waals surface area contributed by atoms with E-state index >= 15 is 0 Å². The van der Waals surface area contributed by atoms with E-state index in [1.807, 2.05) is 0 Å². The fraction of sp³-hybridized carbons (Fsp3) is 0.400. The van der Waals surface area contributed by atoms with Crippen molar-refractivity contribution in [3.8, 4) is 5.75 Å². The van der Waals surface area contributed by atoms with Crippen molar-refractivity contribution in [3.63, 3.8) is 0 Å². The molecule has 0 N–H and O–H groups in total. The van der Waals surface area contributed by atoms with E-state index in [9.17, 15) is 18.6 Å². The molecule has 124 valence electrons. The Kier molecular flexibility index (Phi) is 6.27. The molecule has 1 aromatic rings. The van der Waals surface area contributed by atoms with Crippen LogP contribution in [0, 0.1) is 5.92 Å². The Bertz CT molecular complexity index is 685. The van der Waals surface area contributed by atoms with Crippen molar-refractivity contribution >= 4 is 60.0 Å². The third-order valence-corrected chi connectivity index (χ3v) is 5.30. The number of carbonyl (C=O) groups excluding carboxylic acids is 3. The molecular formula is C15H14Br2O5S. The van der Waals surface area contributed by atoms with Gasteiger partial charge in [0, 0.05) is 24.7 Å². The zero-order chi connectivity index (χ0) is 17.1. The minimum Gasteiger partial charge on any atom is -0.478 e. The number of benzene rings is 1. The first-order valence-electron chi connectivity index (χ1n) is 6.83. The van der Waals surface area contributed by atoms with Crippen molar-refractivity contribution in [1.29, 1.82) is 0 Å². The molecule has 5 nitrogen and oxygen atoms in total. The second-order valence-corrected chi connectivity index (χ2v) is 8.19. The van der Waals surface area contributed by atoms with Gasteiger partial charge in [0.2, 0.25) is 0 Å². The van der Waals surface area contributed by atoms with E-state index in [4.69, 9.17) is 4.74 Å². The number of carbonyl (C=O) groups is 3. The van der Waals surface area contributed by atoms with Crippen LogP contribution in [0.15, 0.2) is 21.1 Å². The molecule has 1 unspecified atom stereocenters. The molecule has 0 aliphatic heterocycles. The Hall–Kier alpha value is -0.860. The summed E-state index contributed by atoms with van der Waals surface area (Å²) in [4.78, 5) is 36.6. The van der Waals surface area contributed by atoms with Crippen LogP contribution in [0.25, 0.3) is 0 Å². The Morgan fingerprint density at radius 2 is 1.87 bits per heavy atom. The van der Waals surface area contributed by atoms with E-state index in [-0.39, 0.29) is 35.9 Å². The maximum atomic E-state index is 12.6. The van der Waals surface area contributed by atoms with E-state index in [1.165, 1.54) is 12.3 Å². The van der Waals surface area contributed by atoms with Crippen LogP contribution in [-0.4, -0.2) is 33.8 Å². The lowest BCUT2D eigenvalue weighted by molar-refractivity contribution is -0.133. The molecule has 0 radical (unpaired) electrons. The highest BCUT2D eigenvalue weighted by Crippen LogP contribution is 2.37. The summed E-state index contributed by atoms with van der Waals surface area (Å²) < 4.78 is 17.6. The minimum absolute atomic E-state index is 0.0316. The van der Waals surface area contributed by atoms with Gasteiger partial charge in [-0.2, -0.15) is 0 Å². The first kappa shape index (κ1) is 18.5. The minimum atomic E-state index is -1.23. The standard InChI is InChI=1S/C15H14Br2O5S/c1-23(21)7-22-15-9(16)6-5-8(13(15)17)14(20)12-10(18)3-2-4-11(12)19/h5-6,12H,2-4,7H2,1H3. The van der Waals surface area contributed by atoms with Gasteiger partial charge in [-0.3, -0.25) is 18.6 Å². The highest BCUT2D eigenvalue weighted by molar-refractivity contribution is 9.11. The van der Waals surface area contributed by atoms with Crippen molar-refractivity contribution in [3.05, 3.63) is 26.6 Å². The van der Waals surface area contributed by atoms with Gasteiger partial charge in [0.05, 0.1) is 19.7 Å². The van der Waals surface area contributed by atoms with Gasteiger partial charge in [-0.05, 0) is 50.4 Å². The predicted molar refractivity (Wildman–Crippen MR) is 93.1 cm³/mol. The molecule has 0 bridgehead atoms. The summed E-state index contributed by atoms with van der Waals surface area (Å²) >= 11 is 6.59. The number of Topliss-reactive ketones (excluding diaryl/α,β-unsaturated/α-hetero) is 3. The number of halogens is 2. The summed E-state index contributed by atoms with van der Waals surface area (Å²) in [7, 11) is -1.17. The maximum absolute atomic E-state index is 12.6.